The summed E-state index contributed by atoms with van der Waals surface area (Å²) >= 11 is 0. The maximum Gasteiger partial charge on any atom is -0.0386 e. The lowest BCUT2D eigenvalue weighted by molar-refractivity contribution is 0.360. The van der Waals surface area contributed by atoms with E-state index in [1.54, 1.807) is 25.7 Å². The van der Waals surface area contributed by atoms with Crippen molar-refractivity contribution >= 4 is 0 Å². The Morgan fingerprint density at radius 3 is 1.90 bits per heavy atom. The minimum atomic E-state index is 1.08. The first kappa shape index (κ1) is 8.10. The highest BCUT2D eigenvalue weighted by Gasteiger charge is 2.36. The van der Waals surface area contributed by atoms with Gasteiger partial charge in [-0.3, -0.25) is 0 Å². The molecule has 0 nitrogen and oxygen atoms in total. The highest BCUT2D eigenvalue weighted by atomic mass is 14.4. The Hall–Kier alpha value is 0. The van der Waals surface area contributed by atoms with Gasteiger partial charge in [0.25, 0.3) is 0 Å². The van der Waals surface area contributed by atoms with E-state index in [1.165, 1.54) is 0 Å². The molecular weight excluding hydrogens is 120 g/mol. The largest absolute Gasteiger partial charge is 0.0683 e. The summed E-state index contributed by atoms with van der Waals surface area (Å²) in [6.07, 6.45) is 6.21. The van der Waals surface area contributed by atoms with Gasteiger partial charge in [0.1, 0.15) is 0 Å². The molecule has 0 heterocycles. The van der Waals surface area contributed by atoms with Crippen LogP contribution in [0.5, 0.6) is 0 Å². The van der Waals surface area contributed by atoms with Crippen LogP contribution in [0.15, 0.2) is 0 Å². The number of hydrogen-bond donors (Lipinski definition) is 0. The van der Waals surface area contributed by atoms with Crippen molar-refractivity contribution in [1.29, 1.82) is 0 Å². The number of hydrogen-bond acceptors (Lipinski definition) is 0. The molecule has 0 heteroatoms. The summed E-state index contributed by atoms with van der Waals surface area (Å²) in [6, 6.07) is 0. The second-order valence-electron chi connectivity index (χ2n) is 3.65. The van der Waals surface area contributed by atoms with Crippen molar-refractivity contribution in [2.45, 2.75) is 46.5 Å². The van der Waals surface area contributed by atoms with Crippen LogP contribution in [-0.4, -0.2) is 0 Å². The van der Waals surface area contributed by atoms with Gasteiger partial charge in [0, 0.05) is 0 Å². The molecule has 2 rings (SSSR count). The molecule has 0 radical (unpaired) electrons. The van der Waals surface area contributed by atoms with Gasteiger partial charge in [-0.05, 0) is 37.0 Å². The van der Waals surface area contributed by atoms with Gasteiger partial charge in [0.2, 0.25) is 0 Å². The van der Waals surface area contributed by atoms with Gasteiger partial charge in [-0.1, -0.05) is 27.2 Å². The van der Waals surface area contributed by atoms with Crippen molar-refractivity contribution in [2.24, 2.45) is 17.8 Å². The minimum Gasteiger partial charge on any atom is -0.0683 e. The van der Waals surface area contributed by atoms with E-state index in [1.807, 2.05) is 13.8 Å². The van der Waals surface area contributed by atoms with Gasteiger partial charge < -0.3 is 0 Å². The fraction of sp³-hybridized carbons (Fsp3) is 1.00. The van der Waals surface area contributed by atoms with Crippen LogP contribution in [-0.2, 0) is 0 Å². The SMILES string of the molecule is CC.C[C@@H]1C[C@H]2CC[C@@H]1C2. The summed E-state index contributed by atoms with van der Waals surface area (Å²) in [7, 11) is 0. The summed E-state index contributed by atoms with van der Waals surface area (Å²) in [4.78, 5) is 0. The molecular formula is C10H20. The highest BCUT2D eigenvalue weighted by molar-refractivity contribution is 4.87. The van der Waals surface area contributed by atoms with E-state index in [4.69, 9.17) is 0 Å². The smallest absolute Gasteiger partial charge is 0.0386 e. The predicted molar refractivity (Wildman–Crippen MR) is 46.0 cm³/mol. The molecule has 0 spiro atoms. The molecule has 0 saturated heterocycles. The van der Waals surface area contributed by atoms with E-state index in [2.05, 4.69) is 6.92 Å². The van der Waals surface area contributed by atoms with Gasteiger partial charge in [0.05, 0.1) is 0 Å². The molecule has 2 aliphatic carbocycles. The van der Waals surface area contributed by atoms with Crippen molar-refractivity contribution in [1.82, 2.24) is 0 Å². The molecule has 3 atom stereocenters. The Bertz CT molecular complexity index is 94.2. The van der Waals surface area contributed by atoms with Gasteiger partial charge in [-0.2, -0.15) is 0 Å². The third kappa shape index (κ3) is 1.36. The molecule has 2 aliphatic rings. The summed E-state index contributed by atoms with van der Waals surface area (Å²) in [5, 5.41) is 0. The van der Waals surface area contributed by atoms with E-state index < -0.39 is 0 Å². The van der Waals surface area contributed by atoms with Gasteiger partial charge >= 0.3 is 0 Å². The Balaban J connectivity index is 0.000000231. The van der Waals surface area contributed by atoms with Crippen molar-refractivity contribution in [3.63, 3.8) is 0 Å². The molecule has 0 N–H and O–H groups in total. The zero-order chi connectivity index (χ0) is 7.56. The molecule has 0 unspecified atom stereocenters. The van der Waals surface area contributed by atoms with E-state index in [9.17, 15) is 0 Å². The lowest BCUT2D eigenvalue weighted by Gasteiger charge is -2.15. The summed E-state index contributed by atoms with van der Waals surface area (Å²) < 4.78 is 0. The van der Waals surface area contributed by atoms with Crippen LogP contribution in [0.3, 0.4) is 0 Å². The van der Waals surface area contributed by atoms with E-state index in [-0.39, 0.29) is 0 Å². The van der Waals surface area contributed by atoms with E-state index in [0.717, 1.165) is 17.8 Å². The molecule has 2 fully saturated rings. The Morgan fingerprint density at radius 1 is 1.00 bits per heavy atom. The maximum atomic E-state index is 2.42. The molecule has 0 aromatic rings. The Kier molecular flexibility index (Phi) is 2.76. The van der Waals surface area contributed by atoms with Crippen LogP contribution in [0.25, 0.3) is 0 Å². The van der Waals surface area contributed by atoms with Gasteiger partial charge in [0.15, 0.2) is 0 Å². The molecule has 2 bridgehead atoms. The molecule has 2 saturated carbocycles. The van der Waals surface area contributed by atoms with E-state index in [0.29, 0.717) is 0 Å². The number of fused-ring (bicyclic) bond motifs is 2. The van der Waals surface area contributed by atoms with Gasteiger partial charge in [-0.25, -0.2) is 0 Å². The first-order chi connectivity index (χ1) is 4.86. The van der Waals surface area contributed by atoms with Crippen molar-refractivity contribution in [3.05, 3.63) is 0 Å². The topological polar surface area (TPSA) is 0 Å². The first-order valence-electron chi connectivity index (χ1n) is 4.86. The lowest BCUT2D eigenvalue weighted by Crippen LogP contribution is -2.04. The minimum absolute atomic E-state index is 1.08. The zero-order valence-corrected chi connectivity index (χ0v) is 7.56. The zero-order valence-electron chi connectivity index (χ0n) is 7.56. The van der Waals surface area contributed by atoms with Crippen LogP contribution < -0.4 is 0 Å². The lowest BCUT2D eigenvalue weighted by atomic mass is 9.91. The van der Waals surface area contributed by atoms with Crippen LogP contribution in [0.2, 0.25) is 0 Å². The number of rotatable bonds is 0. The standard InChI is InChI=1S/C8H14.C2H6/c1-6-4-7-2-3-8(6)5-7;1-2/h6-8H,2-5H2,1H3;1-2H3/t6-,7-,8-;/m1./s1. The van der Waals surface area contributed by atoms with Gasteiger partial charge in [-0.15, -0.1) is 0 Å². The third-order valence-corrected chi connectivity index (χ3v) is 3.09. The average Bonchev–Trinajstić information content (AvgIpc) is 2.52. The summed E-state index contributed by atoms with van der Waals surface area (Å²) in [5.41, 5.74) is 0. The Morgan fingerprint density at radius 2 is 1.70 bits per heavy atom. The molecule has 10 heavy (non-hydrogen) atoms. The molecule has 0 aromatic heterocycles. The fourth-order valence-electron chi connectivity index (χ4n) is 2.56. The molecule has 0 aromatic carbocycles. The molecule has 60 valence electrons. The van der Waals surface area contributed by atoms with Crippen LogP contribution in [0.1, 0.15) is 46.5 Å². The van der Waals surface area contributed by atoms with Crippen LogP contribution in [0.4, 0.5) is 0 Å². The first-order valence-corrected chi connectivity index (χ1v) is 4.86. The third-order valence-electron chi connectivity index (χ3n) is 3.09. The Labute approximate surface area is 65.0 Å². The second kappa shape index (κ2) is 3.41. The molecule has 0 amide bonds. The fourth-order valence-corrected chi connectivity index (χ4v) is 2.56. The predicted octanol–water partition coefficient (Wildman–Crippen LogP) is 3.47. The quantitative estimate of drug-likeness (QED) is 0.483. The summed E-state index contributed by atoms with van der Waals surface area (Å²) in [6.45, 7) is 6.42. The summed E-state index contributed by atoms with van der Waals surface area (Å²) in [5.74, 6) is 3.36. The van der Waals surface area contributed by atoms with Crippen molar-refractivity contribution in [3.8, 4) is 0 Å². The van der Waals surface area contributed by atoms with Crippen LogP contribution in [0, 0.1) is 17.8 Å². The van der Waals surface area contributed by atoms with Crippen molar-refractivity contribution in [2.75, 3.05) is 0 Å². The maximum absolute atomic E-state index is 2.42. The second-order valence-corrected chi connectivity index (χ2v) is 3.65. The average molecular weight is 140 g/mol. The molecule has 0 aliphatic heterocycles. The normalized spacial score (nSPS) is 42.9. The highest BCUT2D eigenvalue weighted by Crippen LogP contribution is 2.47. The van der Waals surface area contributed by atoms with Crippen molar-refractivity contribution < 1.29 is 0 Å². The monoisotopic (exact) mass is 140 g/mol. The van der Waals surface area contributed by atoms with Crippen LogP contribution >= 0.6 is 0 Å². The van der Waals surface area contributed by atoms with E-state index >= 15 is 0 Å².